The van der Waals surface area contributed by atoms with Gasteiger partial charge in [-0.3, -0.25) is 4.79 Å². The molecule has 0 aromatic heterocycles. The second-order valence-electron chi connectivity index (χ2n) is 5.86. The van der Waals surface area contributed by atoms with Crippen molar-refractivity contribution in [2.45, 2.75) is 25.3 Å². The smallest absolute Gasteiger partial charge is 0.522 e. The van der Waals surface area contributed by atoms with E-state index < -0.39 is 13.1 Å². The Balaban J connectivity index is 1.74. The molecule has 128 valence electrons. The third-order valence-electron chi connectivity index (χ3n) is 4.15. The van der Waals surface area contributed by atoms with E-state index in [0.29, 0.717) is 25.8 Å². The first-order chi connectivity index (χ1) is 11.5. The van der Waals surface area contributed by atoms with Crippen molar-refractivity contribution in [3.8, 4) is 11.5 Å². The van der Waals surface area contributed by atoms with Gasteiger partial charge in [0.05, 0.1) is 19.7 Å². The number of rotatable bonds is 5. The van der Waals surface area contributed by atoms with Crippen LogP contribution in [0, 0.1) is 0 Å². The second-order valence-corrected chi connectivity index (χ2v) is 5.86. The summed E-state index contributed by atoms with van der Waals surface area (Å²) in [5.41, 5.74) is 0.616. The minimum Gasteiger partial charge on any atom is -0.535 e. The Morgan fingerprint density at radius 1 is 1.38 bits per heavy atom. The standard InChI is InChI=1S/C15H18BNO7/c18-6-4-12(19)17-7-10(8-17)23-11-2-1-9-3-5-16(22)24-14(9)13(11)15(20)21/h1-2,10,18,22H,3-8H2,(H,20,21). The lowest BCUT2D eigenvalue weighted by Crippen LogP contribution is -2.56. The minimum atomic E-state index is -1.19. The van der Waals surface area contributed by atoms with E-state index in [1.807, 2.05) is 0 Å². The lowest BCUT2D eigenvalue weighted by molar-refractivity contribution is -0.140. The SMILES string of the molecule is O=C(O)c1c(OC2CN(C(=O)CCO)C2)ccc2c1OB(O)CC2. The maximum Gasteiger partial charge on any atom is 0.522 e. The third-order valence-corrected chi connectivity index (χ3v) is 4.15. The second kappa shape index (κ2) is 6.70. The van der Waals surface area contributed by atoms with Gasteiger partial charge in [0.2, 0.25) is 5.91 Å². The van der Waals surface area contributed by atoms with Crippen LogP contribution in [0.4, 0.5) is 0 Å². The Morgan fingerprint density at radius 2 is 2.12 bits per heavy atom. The molecule has 9 heteroatoms. The Labute approximate surface area is 138 Å². The van der Waals surface area contributed by atoms with E-state index in [-0.39, 0.29) is 42.1 Å². The maximum absolute atomic E-state index is 11.6. The highest BCUT2D eigenvalue weighted by Crippen LogP contribution is 2.37. The summed E-state index contributed by atoms with van der Waals surface area (Å²) in [7, 11) is -1.03. The third kappa shape index (κ3) is 3.18. The average molecular weight is 335 g/mol. The van der Waals surface area contributed by atoms with Crippen molar-refractivity contribution < 1.29 is 34.2 Å². The van der Waals surface area contributed by atoms with E-state index in [4.69, 9.17) is 14.5 Å². The summed E-state index contributed by atoms with van der Waals surface area (Å²) >= 11 is 0. The van der Waals surface area contributed by atoms with Crippen molar-refractivity contribution >= 4 is 19.0 Å². The van der Waals surface area contributed by atoms with Gasteiger partial charge in [-0.2, -0.15) is 0 Å². The number of ether oxygens (including phenoxy) is 1. The van der Waals surface area contributed by atoms with E-state index in [1.54, 1.807) is 17.0 Å². The predicted molar refractivity (Wildman–Crippen MR) is 83.2 cm³/mol. The van der Waals surface area contributed by atoms with Gasteiger partial charge in [0.1, 0.15) is 23.2 Å². The van der Waals surface area contributed by atoms with Crippen LogP contribution in [0.25, 0.3) is 0 Å². The van der Waals surface area contributed by atoms with Crippen LogP contribution in [0.5, 0.6) is 11.5 Å². The van der Waals surface area contributed by atoms with Gasteiger partial charge in [-0.05, 0) is 24.4 Å². The van der Waals surface area contributed by atoms with Crippen molar-refractivity contribution in [2.24, 2.45) is 0 Å². The summed E-state index contributed by atoms with van der Waals surface area (Å²) in [5.74, 6) is -1.04. The molecule has 0 radical (unpaired) electrons. The van der Waals surface area contributed by atoms with Crippen LogP contribution in [-0.4, -0.2) is 64.9 Å². The minimum absolute atomic E-state index is 0.0671. The zero-order chi connectivity index (χ0) is 17.3. The topological polar surface area (TPSA) is 117 Å². The van der Waals surface area contributed by atoms with Crippen LogP contribution >= 0.6 is 0 Å². The molecule has 1 amide bonds. The number of carbonyl (C=O) groups is 2. The first-order valence-electron chi connectivity index (χ1n) is 7.78. The van der Waals surface area contributed by atoms with E-state index in [2.05, 4.69) is 0 Å². The fraction of sp³-hybridized carbons (Fsp3) is 0.467. The van der Waals surface area contributed by atoms with Crippen molar-refractivity contribution in [1.29, 1.82) is 0 Å². The van der Waals surface area contributed by atoms with Gasteiger partial charge in [0.25, 0.3) is 0 Å². The van der Waals surface area contributed by atoms with Crippen molar-refractivity contribution in [1.82, 2.24) is 4.90 Å². The Hall–Kier alpha value is -2.26. The number of amides is 1. The van der Waals surface area contributed by atoms with Gasteiger partial charge in [-0.15, -0.1) is 0 Å². The molecule has 0 spiro atoms. The van der Waals surface area contributed by atoms with Gasteiger partial charge < -0.3 is 29.5 Å². The largest absolute Gasteiger partial charge is 0.535 e. The zero-order valence-corrected chi connectivity index (χ0v) is 13.0. The highest BCUT2D eigenvalue weighted by molar-refractivity contribution is 6.44. The highest BCUT2D eigenvalue weighted by atomic mass is 16.5. The molecule has 0 unspecified atom stereocenters. The Kier molecular flexibility index (Phi) is 4.63. The summed E-state index contributed by atoms with van der Waals surface area (Å²) < 4.78 is 11.0. The number of aliphatic hydroxyl groups excluding tert-OH is 1. The molecule has 0 bridgehead atoms. The maximum atomic E-state index is 11.6. The molecule has 2 heterocycles. The molecule has 2 aliphatic heterocycles. The molecular weight excluding hydrogens is 317 g/mol. The molecule has 3 N–H and O–H groups in total. The molecule has 3 rings (SSSR count). The Morgan fingerprint density at radius 3 is 2.79 bits per heavy atom. The van der Waals surface area contributed by atoms with Crippen LogP contribution in [-0.2, 0) is 11.2 Å². The van der Waals surface area contributed by atoms with Crippen molar-refractivity contribution in [2.75, 3.05) is 19.7 Å². The summed E-state index contributed by atoms with van der Waals surface area (Å²) in [6, 6.07) is 3.32. The monoisotopic (exact) mass is 335 g/mol. The Bertz CT molecular complexity index is 659. The first kappa shape index (κ1) is 16.6. The van der Waals surface area contributed by atoms with Crippen LogP contribution in [0.1, 0.15) is 22.3 Å². The van der Waals surface area contributed by atoms with E-state index in [0.717, 1.165) is 5.56 Å². The first-order valence-corrected chi connectivity index (χ1v) is 7.78. The summed E-state index contributed by atoms with van der Waals surface area (Å²) in [4.78, 5) is 24.7. The quantitative estimate of drug-likeness (QED) is 0.637. The number of aromatic carboxylic acids is 1. The highest BCUT2D eigenvalue weighted by Gasteiger charge is 2.35. The van der Waals surface area contributed by atoms with Crippen LogP contribution in [0.3, 0.4) is 0 Å². The number of likely N-dealkylation sites (tertiary alicyclic amines) is 1. The number of hydrogen-bond acceptors (Lipinski definition) is 6. The molecule has 0 atom stereocenters. The number of aliphatic hydroxyl groups is 1. The average Bonchev–Trinajstić information content (AvgIpc) is 2.49. The molecule has 24 heavy (non-hydrogen) atoms. The van der Waals surface area contributed by atoms with Crippen molar-refractivity contribution in [3.05, 3.63) is 23.3 Å². The summed E-state index contributed by atoms with van der Waals surface area (Å²) in [5, 5.41) is 27.9. The summed E-state index contributed by atoms with van der Waals surface area (Å²) in [6.45, 7) is 0.491. The number of hydrogen-bond donors (Lipinski definition) is 3. The van der Waals surface area contributed by atoms with Crippen molar-refractivity contribution in [3.63, 3.8) is 0 Å². The molecule has 8 nitrogen and oxygen atoms in total. The molecular formula is C15H18BNO7. The molecule has 1 aromatic rings. The fourth-order valence-corrected chi connectivity index (χ4v) is 2.86. The van der Waals surface area contributed by atoms with Crippen LogP contribution < -0.4 is 9.39 Å². The van der Waals surface area contributed by atoms with Gasteiger partial charge in [0, 0.05) is 6.42 Å². The number of carboxylic acids is 1. The lowest BCUT2D eigenvalue weighted by Gasteiger charge is -2.39. The van der Waals surface area contributed by atoms with Crippen LogP contribution in [0.2, 0.25) is 6.32 Å². The number of benzene rings is 1. The number of fused-ring (bicyclic) bond motifs is 1. The van der Waals surface area contributed by atoms with Crippen LogP contribution in [0.15, 0.2) is 12.1 Å². The van der Waals surface area contributed by atoms with Gasteiger partial charge in [0.15, 0.2) is 0 Å². The molecule has 2 aliphatic rings. The number of carboxylic acid groups (broad SMARTS) is 1. The molecule has 0 saturated carbocycles. The number of aryl methyl sites for hydroxylation is 1. The van der Waals surface area contributed by atoms with E-state index in [9.17, 15) is 19.7 Å². The fourth-order valence-electron chi connectivity index (χ4n) is 2.86. The van der Waals surface area contributed by atoms with Gasteiger partial charge in [-0.25, -0.2) is 4.79 Å². The van der Waals surface area contributed by atoms with E-state index in [1.165, 1.54) is 0 Å². The summed E-state index contributed by atoms with van der Waals surface area (Å²) in [6.07, 6.45) is 0.704. The van der Waals surface area contributed by atoms with Gasteiger partial charge in [-0.1, -0.05) is 6.07 Å². The van der Waals surface area contributed by atoms with E-state index >= 15 is 0 Å². The number of carbonyl (C=O) groups excluding carboxylic acids is 1. The molecule has 1 aromatic carbocycles. The molecule has 1 saturated heterocycles. The zero-order valence-electron chi connectivity index (χ0n) is 13.0. The normalized spacial score (nSPS) is 16.9. The van der Waals surface area contributed by atoms with Gasteiger partial charge >= 0.3 is 13.1 Å². The number of nitrogens with zero attached hydrogens (tertiary/aromatic N) is 1. The predicted octanol–water partition coefficient (Wildman–Crippen LogP) is -0.228. The molecule has 0 aliphatic carbocycles. The molecule has 1 fully saturated rings. The lowest BCUT2D eigenvalue weighted by atomic mass is 9.78.